The van der Waals surface area contributed by atoms with E-state index in [0.29, 0.717) is 5.69 Å². The van der Waals surface area contributed by atoms with E-state index < -0.39 is 0 Å². The SMILES string of the molecule is CC.Cc1ccc2ncc(C(=O)NC3CCOCC3)n2c1. The molecule has 5 heteroatoms. The number of pyridine rings is 1. The minimum absolute atomic E-state index is 0.0648. The summed E-state index contributed by atoms with van der Waals surface area (Å²) >= 11 is 0. The van der Waals surface area contributed by atoms with Gasteiger partial charge in [-0.05, 0) is 31.4 Å². The van der Waals surface area contributed by atoms with Gasteiger partial charge >= 0.3 is 0 Å². The minimum Gasteiger partial charge on any atom is -0.381 e. The van der Waals surface area contributed by atoms with Gasteiger partial charge in [0.15, 0.2) is 0 Å². The molecule has 114 valence electrons. The summed E-state index contributed by atoms with van der Waals surface area (Å²) in [4.78, 5) is 16.5. The highest BCUT2D eigenvalue weighted by Crippen LogP contribution is 2.11. The van der Waals surface area contributed by atoms with E-state index in [9.17, 15) is 4.79 Å². The molecule has 1 saturated heterocycles. The van der Waals surface area contributed by atoms with Crippen molar-refractivity contribution in [3.05, 3.63) is 35.8 Å². The molecule has 1 N–H and O–H groups in total. The Hall–Kier alpha value is -1.88. The molecule has 0 spiro atoms. The van der Waals surface area contributed by atoms with Crippen LogP contribution in [0.5, 0.6) is 0 Å². The zero-order chi connectivity index (χ0) is 15.2. The van der Waals surface area contributed by atoms with Crippen molar-refractivity contribution in [1.82, 2.24) is 14.7 Å². The van der Waals surface area contributed by atoms with Gasteiger partial charge in [0, 0.05) is 25.5 Å². The van der Waals surface area contributed by atoms with Gasteiger partial charge in [-0.3, -0.25) is 9.20 Å². The van der Waals surface area contributed by atoms with E-state index in [4.69, 9.17) is 4.74 Å². The van der Waals surface area contributed by atoms with Crippen LogP contribution in [0, 0.1) is 6.92 Å². The maximum Gasteiger partial charge on any atom is 0.270 e. The van der Waals surface area contributed by atoms with Crippen LogP contribution >= 0.6 is 0 Å². The Labute approximate surface area is 125 Å². The molecule has 5 nitrogen and oxygen atoms in total. The predicted molar refractivity (Wildman–Crippen MR) is 82.6 cm³/mol. The van der Waals surface area contributed by atoms with Gasteiger partial charge in [-0.15, -0.1) is 0 Å². The van der Waals surface area contributed by atoms with Crippen molar-refractivity contribution in [2.24, 2.45) is 0 Å². The van der Waals surface area contributed by atoms with Crippen LogP contribution in [0.4, 0.5) is 0 Å². The summed E-state index contributed by atoms with van der Waals surface area (Å²) in [5.41, 5.74) is 2.48. The zero-order valence-corrected chi connectivity index (χ0v) is 12.9. The summed E-state index contributed by atoms with van der Waals surface area (Å²) in [6, 6.07) is 4.11. The third-order valence-electron chi connectivity index (χ3n) is 3.44. The number of carbonyl (C=O) groups is 1. The monoisotopic (exact) mass is 289 g/mol. The molecule has 0 atom stereocenters. The Morgan fingerprint density at radius 3 is 2.76 bits per heavy atom. The lowest BCUT2D eigenvalue weighted by Gasteiger charge is -2.22. The number of fused-ring (bicyclic) bond motifs is 1. The van der Waals surface area contributed by atoms with E-state index in [1.165, 1.54) is 0 Å². The lowest BCUT2D eigenvalue weighted by atomic mass is 10.1. The lowest BCUT2D eigenvalue weighted by Crippen LogP contribution is -2.39. The molecular weight excluding hydrogens is 266 g/mol. The Morgan fingerprint density at radius 2 is 2.05 bits per heavy atom. The molecule has 2 aromatic heterocycles. The molecule has 1 fully saturated rings. The maximum absolute atomic E-state index is 12.3. The molecule has 0 bridgehead atoms. The summed E-state index contributed by atoms with van der Waals surface area (Å²) in [5, 5.41) is 3.05. The number of nitrogens with zero attached hydrogens (tertiary/aromatic N) is 2. The largest absolute Gasteiger partial charge is 0.381 e. The van der Waals surface area contributed by atoms with Crippen LogP contribution in [0.2, 0.25) is 0 Å². The number of carbonyl (C=O) groups excluding carboxylic acids is 1. The Balaban J connectivity index is 0.000000774. The summed E-state index contributed by atoms with van der Waals surface area (Å²) in [6.45, 7) is 7.44. The molecule has 21 heavy (non-hydrogen) atoms. The topological polar surface area (TPSA) is 55.6 Å². The number of imidazole rings is 1. The molecule has 3 rings (SSSR count). The highest BCUT2D eigenvalue weighted by molar-refractivity contribution is 5.93. The van der Waals surface area contributed by atoms with Crippen LogP contribution in [-0.4, -0.2) is 34.5 Å². The van der Waals surface area contributed by atoms with Crippen molar-refractivity contribution in [3.63, 3.8) is 0 Å². The minimum atomic E-state index is -0.0648. The van der Waals surface area contributed by atoms with E-state index in [-0.39, 0.29) is 11.9 Å². The standard InChI is InChI=1S/C14H17N3O2.C2H6/c1-10-2-3-13-15-8-12(17(13)9-10)14(18)16-11-4-6-19-7-5-11;1-2/h2-3,8-9,11H,4-7H2,1H3,(H,16,18);1-2H3. The zero-order valence-electron chi connectivity index (χ0n) is 12.9. The van der Waals surface area contributed by atoms with Crippen molar-refractivity contribution in [1.29, 1.82) is 0 Å². The Bertz CT molecular complexity index is 601. The number of aryl methyl sites for hydroxylation is 1. The van der Waals surface area contributed by atoms with E-state index in [1.807, 2.05) is 43.5 Å². The average molecular weight is 289 g/mol. The molecule has 0 aromatic carbocycles. The number of hydrogen-bond acceptors (Lipinski definition) is 3. The second-order valence-electron chi connectivity index (χ2n) is 4.94. The van der Waals surface area contributed by atoms with Crippen LogP contribution < -0.4 is 5.32 Å². The third kappa shape index (κ3) is 3.61. The second-order valence-corrected chi connectivity index (χ2v) is 4.94. The molecule has 3 heterocycles. The predicted octanol–water partition coefficient (Wildman–Crippen LogP) is 2.58. The van der Waals surface area contributed by atoms with Gasteiger partial charge in [-0.1, -0.05) is 19.9 Å². The van der Waals surface area contributed by atoms with Crippen LogP contribution in [0.1, 0.15) is 42.7 Å². The van der Waals surface area contributed by atoms with Gasteiger partial charge in [0.1, 0.15) is 11.3 Å². The van der Waals surface area contributed by atoms with Gasteiger partial charge in [0.2, 0.25) is 0 Å². The van der Waals surface area contributed by atoms with E-state index in [0.717, 1.165) is 37.3 Å². The smallest absolute Gasteiger partial charge is 0.270 e. The quantitative estimate of drug-likeness (QED) is 0.924. The van der Waals surface area contributed by atoms with Crippen molar-refractivity contribution in [2.45, 2.75) is 39.7 Å². The normalized spacial score (nSPS) is 15.4. The van der Waals surface area contributed by atoms with Gasteiger partial charge in [0.25, 0.3) is 5.91 Å². The van der Waals surface area contributed by atoms with Gasteiger partial charge in [-0.2, -0.15) is 0 Å². The Morgan fingerprint density at radius 1 is 1.33 bits per heavy atom. The Kier molecular flexibility index (Phi) is 5.33. The molecule has 0 aliphatic carbocycles. The lowest BCUT2D eigenvalue weighted by molar-refractivity contribution is 0.0694. The molecule has 1 aliphatic heterocycles. The highest BCUT2D eigenvalue weighted by Gasteiger charge is 2.19. The fraction of sp³-hybridized carbons (Fsp3) is 0.500. The molecule has 1 aliphatic rings. The summed E-state index contributed by atoms with van der Waals surface area (Å²) in [6.07, 6.45) is 5.31. The number of aromatic nitrogens is 2. The van der Waals surface area contributed by atoms with Crippen molar-refractivity contribution < 1.29 is 9.53 Å². The van der Waals surface area contributed by atoms with Gasteiger partial charge in [0.05, 0.1) is 6.20 Å². The van der Waals surface area contributed by atoms with E-state index >= 15 is 0 Å². The third-order valence-corrected chi connectivity index (χ3v) is 3.44. The van der Waals surface area contributed by atoms with E-state index in [1.54, 1.807) is 6.20 Å². The fourth-order valence-electron chi connectivity index (χ4n) is 2.36. The summed E-state index contributed by atoms with van der Waals surface area (Å²) in [5.74, 6) is -0.0648. The average Bonchev–Trinajstić information content (AvgIpc) is 2.93. The molecule has 0 unspecified atom stereocenters. The van der Waals surface area contributed by atoms with Crippen LogP contribution in [0.15, 0.2) is 24.5 Å². The first kappa shape index (κ1) is 15.5. The molecule has 0 radical (unpaired) electrons. The second kappa shape index (κ2) is 7.22. The van der Waals surface area contributed by atoms with Crippen LogP contribution in [-0.2, 0) is 4.74 Å². The first-order chi connectivity index (χ1) is 10.2. The molecule has 1 amide bonds. The highest BCUT2D eigenvalue weighted by atomic mass is 16.5. The summed E-state index contributed by atoms with van der Waals surface area (Å²) in [7, 11) is 0. The molecule has 2 aromatic rings. The molecule has 0 saturated carbocycles. The summed E-state index contributed by atoms with van der Waals surface area (Å²) < 4.78 is 7.13. The maximum atomic E-state index is 12.3. The van der Waals surface area contributed by atoms with Gasteiger partial charge < -0.3 is 10.1 Å². The first-order valence-electron chi connectivity index (χ1n) is 7.56. The number of nitrogens with one attached hydrogen (secondary N) is 1. The van der Waals surface area contributed by atoms with Crippen LogP contribution in [0.3, 0.4) is 0 Å². The van der Waals surface area contributed by atoms with E-state index in [2.05, 4.69) is 10.3 Å². The van der Waals surface area contributed by atoms with Crippen molar-refractivity contribution >= 4 is 11.6 Å². The van der Waals surface area contributed by atoms with Gasteiger partial charge in [-0.25, -0.2) is 4.98 Å². The van der Waals surface area contributed by atoms with Crippen molar-refractivity contribution in [2.75, 3.05) is 13.2 Å². The number of ether oxygens (including phenoxy) is 1. The van der Waals surface area contributed by atoms with Crippen molar-refractivity contribution in [3.8, 4) is 0 Å². The number of amides is 1. The van der Waals surface area contributed by atoms with Crippen LogP contribution in [0.25, 0.3) is 5.65 Å². The molecular formula is C16H23N3O2. The fourth-order valence-corrected chi connectivity index (χ4v) is 2.36. The number of hydrogen-bond donors (Lipinski definition) is 1. The number of rotatable bonds is 2. The first-order valence-corrected chi connectivity index (χ1v) is 7.56.